The Morgan fingerprint density at radius 2 is 1.18 bits per heavy atom. The van der Waals surface area contributed by atoms with Crippen molar-refractivity contribution in [1.29, 1.82) is 0 Å². The number of nitrogens with zero attached hydrogens (tertiary/aromatic N) is 1. The summed E-state index contributed by atoms with van der Waals surface area (Å²) in [7, 11) is 0. The van der Waals surface area contributed by atoms with Gasteiger partial charge in [0.2, 0.25) is 0 Å². The molecule has 2 aromatic carbocycles. The van der Waals surface area contributed by atoms with E-state index in [-0.39, 0.29) is 6.61 Å². The zero-order valence-corrected chi connectivity index (χ0v) is 20.2. The first kappa shape index (κ1) is 24.2. The molecule has 0 fully saturated rings. The van der Waals surface area contributed by atoms with Gasteiger partial charge in [0.15, 0.2) is 0 Å². The lowest BCUT2D eigenvalue weighted by atomic mass is 10.0. The Hall–Kier alpha value is -2.94. The summed E-state index contributed by atoms with van der Waals surface area (Å²) >= 11 is 0. The van der Waals surface area contributed by atoms with Crippen molar-refractivity contribution in [1.82, 2.24) is 0 Å². The highest BCUT2D eigenvalue weighted by Crippen LogP contribution is 2.48. The number of aryl methyl sites for hydroxylation is 4. The van der Waals surface area contributed by atoms with Crippen LogP contribution in [0.2, 0.25) is 0 Å². The van der Waals surface area contributed by atoms with Gasteiger partial charge < -0.3 is 23.7 Å². The summed E-state index contributed by atoms with van der Waals surface area (Å²) in [6, 6.07) is 5.72. The van der Waals surface area contributed by atoms with Crippen molar-refractivity contribution < 1.29 is 33.3 Å². The van der Waals surface area contributed by atoms with Crippen LogP contribution in [0, 0.1) is 27.7 Å². The minimum absolute atomic E-state index is 0.270. The number of carbonyl (C=O) groups is 2. The normalized spacial score (nSPS) is 17.8. The highest BCUT2D eigenvalue weighted by atomic mass is 16.6. The van der Waals surface area contributed by atoms with Gasteiger partial charge >= 0.3 is 5.91 Å². The molecule has 34 heavy (non-hydrogen) atoms. The van der Waals surface area contributed by atoms with Crippen molar-refractivity contribution in [3.05, 3.63) is 46.0 Å². The Morgan fingerprint density at radius 1 is 0.647 bits per heavy atom. The molecule has 0 N–H and O–H groups in total. The lowest BCUT2D eigenvalue weighted by Crippen LogP contribution is -2.26. The van der Waals surface area contributed by atoms with E-state index in [2.05, 4.69) is 0 Å². The Labute approximate surface area is 199 Å². The van der Waals surface area contributed by atoms with Gasteiger partial charge in [0.25, 0.3) is 5.78 Å². The third-order valence-electron chi connectivity index (χ3n) is 5.82. The Morgan fingerprint density at radius 3 is 1.79 bits per heavy atom. The smallest absolute Gasteiger partial charge is 0.304 e. The summed E-state index contributed by atoms with van der Waals surface area (Å²) in [6.45, 7) is 10.7. The van der Waals surface area contributed by atoms with Crippen molar-refractivity contribution in [3.63, 3.8) is 0 Å². The van der Waals surface area contributed by atoms with Crippen LogP contribution >= 0.6 is 0 Å². The number of anilines is 2. The van der Waals surface area contributed by atoms with Gasteiger partial charge in [-0.1, -0.05) is 12.1 Å². The second kappa shape index (κ2) is 10.5. The first-order valence-corrected chi connectivity index (χ1v) is 11.5. The van der Waals surface area contributed by atoms with Crippen LogP contribution in [0.25, 0.3) is 0 Å². The van der Waals surface area contributed by atoms with Gasteiger partial charge in [-0.25, -0.2) is 0 Å². The van der Waals surface area contributed by atoms with Crippen molar-refractivity contribution in [2.24, 2.45) is 0 Å². The van der Waals surface area contributed by atoms with E-state index < -0.39 is 11.7 Å². The molecule has 4 rings (SSSR count). The van der Waals surface area contributed by atoms with E-state index in [1.165, 1.54) is 4.90 Å². The number of Topliss-reactive ketones (excluding diaryl/α,β-unsaturated/α-hetero) is 1. The predicted molar refractivity (Wildman–Crippen MR) is 127 cm³/mol. The summed E-state index contributed by atoms with van der Waals surface area (Å²) in [5, 5.41) is 0. The van der Waals surface area contributed by atoms with E-state index in [1.54, 1.807) is 0 Å². The molecule has 0 saturated carbocycles. The molecule has 0 spiro atoms. The third-order valence-corrected chi connectivity index (χ3v) is 5.82. The van der Waals surface area contributed by atoms with E-state index in [1.807, 2.05) is 45.9 Å². The van der Waals surface area contributed by atoms with E-state index in [9.17, 15) is 9.59 Å². The van der Waals surface area contributed by atoms with E-state index in [0.29, 0.717) is 74.7 Å². The SMILES string of the molecule is Cc1cc(C)c2c(c1)N1C(=O)C(=O)c3c(C)cc(C)c(c31)OCCOCCOCCOCCO2. The van der Waals surface area contributed by atoms with E-state index in [0.717, 1.165) is 22.3 Å². The fourth-order valence-electron chi connectivity index (χ4n) is 4.40. The molecule has 2 aliphatic heterocycles. The van der Waals surface area contributed by atoms with Crippen molar-refractivity contribution in [2.75, 3.05) is 57.8 Å². The number of amides is 1. The van der Waals surface area contributed by atoms with Crippen LogP contribution in [0.5, 0.6) is 11.5 Å². The molecule has 0 unspecified atom stereocenters. The quantitative estimate of drug-likeness (QED) is 0.545. The van der Waals surface area contributed by atoms with Crippen LogP contribution in [0.1, 0.15) is 32.6 Å². The second-order valence-corrected chi connectivity index (χ2v) is 8.50. The fourth-order valence-corrected chi connectivity index (χ4v) is 4.40. The number of hydrogen-bond donors (Lipinski definition) is 0. The Bertz CT molecular complexity index is 1100. The van der Waals surface area contributed by atoms with Gasteiger partial charge in [-0.15, -0.1) is 0 Å². The number of ether oxygens (including phenoxy) is 5. The average molecular weight is 470 g/mol. The summed E-state index contributed by atoms with van der Waals surface area (Å²) in [6.07, 6.45) is 0. The molecule has 1 amide bonds. The molecule has 0 saturated heterocycles. The van der Waals surface area contributed by atoms with Crippen LogP contribution in [0.3, 0.4) is 0 Å². The summed E-state index contributed by atoms with van der Waals surface area (Å²) in [5.41, 5.74) is 4.72. The molecule has 2 aliphatic rings. The van der Waals surface area contributed by atoms with E-state index in [4.69, 9.17) is 23.7 Å². The van der Waals surface area contributed by atoms with Crippen molar-refractivity contribution >= 4 is 23.1 Å². The Kier molecular flexibility index (Phi) is 7.50. The summed E-state index contributed by atoms with van der Waals surface area (Å²) in [5.74, 6) is -0.143. The van der Waals surface area contributed by atoms with Gasteiger partial charge in [-0.05, 0) is 56.0 Å². The number of fused-ring (bicyclic) bond motifs is 2. The molecular weight excluding hydrogens is 438 g/mol. The number of ketones is 1. The van der Waals surface area contributed by atoms with Gasteiger partial charge in [0.05, 0.1) is 50.9 Å². The van der Waals surface area contributed by atoms with Crippen LogP contribution in [-0.2, 0) is 19.0 Å². The zero-order chi connectivity index (χ0) is 24.2. The Balaban J connectivity index is 1.82. The molecule has 0 radical (unpaired) electrons. The van der Waals surface area contributed by atoms with Gasteiger partial charge in [-0.2, -0.15) is 0 Å². The van der Waals surface area contributed by atoms with Crippen molar-refractivity contribution in [2.45, 2.75) is 27.7 Å². The molecule has 8 heteroatoms. The fraction of sp³-hybridized carbons (Fsp3) is 0.462. The maximum absolute atomic E-state index is 13.4. The number of benzene rings is 2. The largest absolute Gasteiger partial charge is 0.489 e. The van der Waals surface area contributed by atoms with Crippen molar-refractivity contribution in [3.8, 4) is 11.5 Å². The molecule has 0 bridgehead atoms. The minimum Gasteiger partial charge on any atom is -0.489 e. The standard InChI is InChI=1S/C26H31NO7/c1-16-13-18(3)24-20(14-16)27-22-21(23(28)26(27)29)17(2)15-19(4)25(22)34-12-10-32-8-6-30-5-7-31-9-11-33-24/h13-15H,5-12H2,1-4H3. The molecule has 0 aromatic heterocycles. The van der Waals surface area contributed by atoms with Gasteiger partial charge in [0.1, 0.15) is 30.4 Å². The predicted octanol–water partition coefficient (Wildman–Crippen LogP) is 3.60. The number of carbonyl (C=O) groups excluding carboxylic acids is 2. The van der Waals surface area contributed by atoms with Crippen LogP contribution < -0.4 is 14.4 Å². The maximum atomic E-state index is 13.4. The highest BCUT2D eigenvalue weighted by Gasteiger charge is 2.42. The lowest BCUT2D eigenvalue weighted by Gasteiger charge is -2.25. The summed E-state index contributed by atoms with van der Waals surface area (Å²) < 4.78 is 28.9. The monoisotopic (exact) mass is 469 g/mol. The molecular formula is C26H31NO7. The molecule has 8 nitrogen and oxygen atoms in total. The average Bonchev–Trinajstić information content (AvgIpc) is 3.04. The maximum Gasteiger partial charge on any atom is 0.304 e. The molecule has 2 aromatic rings. The molecule has 0 aliphatic carbocycles. The van der Waals surface area contributed by atoms with Crippen LogP contribution in [0.15, 0.2) is 18.2 Å². The first-order chi connectivity index (χ1) is 16.4. The van der Waals surface area contributed by atoms with E-state index >= 15 is 0 Å². The van der Waals surface area contributed by atoms with Gasteiger partial charge in [-0.3, -0.25) is 14.5 Å². The first-order valence-electron chi connectivity index (χ1n) is 11.5. The molecule has 182 valence electrons. The van der Waals surface area contributed by atoms with Gasteiger partial charge in [0, 0.05) is 0 Å². The third kappa shape index (κ3) is 4.80. The number of hydrogen-bond acceptors (Lipinski definition) is 7. The topological polar surface area (TPSA) is 83.5 Å². The zero-order valence-electron chi connectivity index (χ0n) is 20.2. The minimum atomic E-state index is -0.623. The molecule has 2 heterocycles. The van der Waals surface area contributed by atoms with Crippen LogP contribution in [-0.4, -0.2) is 64.5 Å². The lowest BCUT2D eigenvalue weighted by molar-refractivity contribution is -0.113. The number of rotatable bonds is 0. The highest BCUT2D eigenvalue weighted by molar-refractivity contribution is 6.54. The summed E-state index contributed by atoms with van der Waals surface area (Å²) in [4.78, 5) is 27.9. The molecule has 0 atom stereocenters. The second-order valence-electron chi connectivity index (χ2n) is 8.50. The van der Waals surface area contributed by atoms with Crippen LogP contribution in [0.4, 0.5) is 11.4 Å².